The fraction of sp³-hybridized carbons (Fsp3) is 0.154. The lowest BCUT2D eigenvalue weighted by atomic mass is 10.1. The third-order valence-electron chi connectivity index (χ3n) is 2.34. The van der Waals surface area contributed by atoms with Crippen molar-refractivity contribution < 1.29 is 0 Å². The predicted molar refractivity (Wildman–Crippen MR) is 69.4 cm³/mol. The van der Waals surface area contributed by atoms with Crippen LogP contribution in [0, 0.1) is 0 Å². The van der Waals surface area contributed by atoms with Crippen molar-refractivity contribution >= 4 is 17.4 Å². The molecule has 2 aromatic rings. The van der Waals surface area contributed by atoms with Crippen LogP contribution in [0.25, 0.3) is 0 Å². The second kappa shape index (κ2) is 5.03. The molecule has 2 nitrogen and oxygen atoms in total. The molecule has 0 saturated heterocycles. The summed E-state index contributed by atoms with van der Waals surface area (Å²) in [6.07, 6.45) is 3.63. The van der Waals surface area contributed by atoms with Gasteiger partial charge in [0.15, 0.2) is 0 Å². The van der Waals surface area contributed by atoms with E-state index in [0.29, 0.717) is 5.25 Å². The summed E-state index contributed by atoms with van der Waals surface area (Å²) in [7, 11) is 0. The molecule has 16 heavy (non-hydrogen) atoms. The van der Waals surface area contributed by atoms with Crippen molar-refractivity contribution in [3.63, 3.8) is 0 Å². The number of aromatic nitrogens is 1. The molecule has 0 aliphatic rings. The number of hydrogen-bond acceptors (Lipinski definition) is 3. The normalized spacial score (nSPS) is 12.3. The van der Waals surface area contributed by atoms with E-state index in [1.807, 2.05) is 54.5 Å². The summed E-state index contributed by atoms with van der Waals surface area (Å²) < 4.78 is 0. The highest BCUT2D eigenvalue weighted by Gasteiger charge is 2.07. The minimum Gasteiger partial charge on any atom is -0.399 e. The maximum absolute atomic E-state index is 5.77. The van der Waals surface area contributed by atoms with Crippen molar-refractivity contribution in [2.75, 3.05) is 5.73 Å². The lowest BCUT2D eigenvalue weighted by Crippen LogP contribution is -1.91. The third kappa shape index (κ3) is 2.76. The Balaban J connectivity index is 2.12. The maximum Gasteiger partial charge on any atom is 0.0317 e. The van der Waals surface area contributed by atoms with Gasteiger partial charge in [-0.1, -0.05) is 12.1 Å². The summed E-state index contributed by atoms with van der Waals surface area (Å²) in [5.74, 6) is 0. The van der Waals surface area contributed by atoms with Gasteiger partial charge >= 0.3 is 0 Å². The summed E-state index contributed by atoms with van der Waals surface area (Å²) in [5, 5.41) is 0.394. The number of pyridine rings is 1. The average molecular weight is 230 g/mol. The standard InChI is InChI=1S/C13H14N2S/c1-10(11-3-2-4-12(14)9-11)16-13-5-7-15-8-6-13/h2-10H,14H2,1H3. The Kier molecular flexibility index (Phi) is 3.47. The third-order valence-corrected chi connectivity index (χ3v) is 3.51. The van der Waals surface area contributed by atoms with Gasteiger partial charge in [-0.15, -0.1) is 11.8 Å². The van der Waals surface area contributed by atoms with Gasteiger partial charge in [0, 0.05) is 28.2 Å². The van der Waals surface area contributed by atoms with Crippen molar-refractivity contribution in [1.82, 2.24) is 4.98 Å². The van der Waals surface area contributed by atoms with Crippen LogP contribution in [-0.4, -0.2) is 4.98 Å². The van der Waals surface area contributed by atoms with E-state index in [1.54, 1.807) is 0 Å². The molecule has 82 valence electrons. The minimum absolute atomic E-state index is 0.394. The van der Waals surface area contributed by atoms with Gasteiger partial charge in [-0.25, -0.2) is 0 Å². The summed E-state index contributed by atoms with van der Waals surface area (Å²) in [6.45, 7) is 2.18. The largest absolute Gasteiger partial charge is 0.399 e. The first-order valence-electron chi connectivity index (χ1n) is 5.18. The molecule has 0 saturated carbocycles. The van der Waals surface area contributed by atoms with E-state index in [-0.39, 0.29) is 0 Å². The van der Waals surface area contributed by atoms with Crippen LogP contribution >= 0.6 is 11.8 Å². The number of thioether (sulfide) groups is 1. The number of hydrogen-bond donors (Lipinski definition) is 1. The van der Waals surface area contributed by atoms with E-state index in [4.69, 9.17) is 5.73 Å². The molecule has 1 atom stereocenters. The summed E-state index contributed by atoms with van der Waals surface area (Å²) >= 11 is 1.81. The average Bonchev–Trinajstić information content (AvgIpc) is 2.30. The van der Waals surface area contributed by atoms with Crippen LogP contribution in [0.3, 0.4) is 0 Å². The molecular formula is C13H14N2S. The Morgan fingerprint density at radius 2 is 1.94 bits per heavy atom. The SMILES string of the molecule is CC(Sc1ccncc1)c1cccc(N)c1. The molecule has 0 spiro atoms. The van der Waals surface area contributed by atoms with E-state index < -0.39 is 0 Å². The van der Waals surface area contributed by atoms with Crippen LogP contribution < -0.4 is 5.73 Å². The van der Waals surface area contributed by atoms with Crippen molar-refractivity contribution in [1.29, 1.82) is 0 Å². The minimum atomic E-state index is 0.394. The number of anilines is 1. The number of nitrogens with zero attached hydrogens (tertiary/aromatic N) is 1. The molecule has 0 aliphatic heterocycles. The van der Waals surface area contributed by atoms with Crippen LogP contribution in [0.2, 0.25) is 0 Å². The highest BCUT2D eigenvalue weighted by atomic mass is 32.2. The summed E-state index contributed by atoms with van der Waals surface area (Å²) in [4.78, 5) is 5.23. The molecule has 1 unspecified atom stereocenters. The molecular weight excluding hydrogens is 216 g/mol. The fourth-order valence-electron chi connectivity index (χ4n) is 1.50. The van der Waals surface area contributed by atoms with Gasteiger partial charge in [-0.2, -0.15) is 0 Å². The van der Waals surface area contributed by atoms with Gasteiger partial charge < -0.3 is 5.73 Å². The number of nitrogens with two attached hydrogens (primary N) is 1. The molecule has 0 radical (unpaired) electrons. The number of rotatable bonds is 3. The topological polar surface area (TPSA) is 38.9 Å². The lowest BCUT2D eigenvalue weighted by molar-refractivity contribution is 1.09. The Morgan fingerprint density at radius 3 is 2.62 bits per heavy atom. The van der Waals surface area contributed by atoms with E-state index in [1.165, 1.54) is 10.5 Å². The predicted octanol–water partition coefficient (Wildman–Crippen LogP) is 3.52. The van der Waals surface area contributed by atoms with E-state index in [0.717, 1.165) is 5.69 Å². The van der Waals surface area contributed by atoms with Gasteiger partial charge in [0.1, 0.15) is 0 Å². The molecule has 0 bridgehead atoms. The van der Waals surface area contributed by atoms with Crippen LogP contribution in [0.5, 0.6) is 0 Å². The monoisotopic (exact) mass is 230 g/mol. The smallest absolute Gasteiger partial charge is 0.0317 e. The number of nitrogen functional groups attached to an aromatic ring is 1. The molecule has 0 fully saturated rings. The van der Waals surface area contributed by atoms with Gasteiger partial charge in [-0.05, 0) is 36.8 Å². The van der Waals surface area contributed by atoms with E-state index in [9.17, 15) is 0 Å². The molecule has 1 heterocycles. The number of benzene rings is 1. The first-order chi connectivity index (χ1) is 7.75. The molecule has 3 heteroatoms. The Morgan fingerprint density at radius 1 is 1.19 bits per heavy atom. The van der Waals surface area contributed by atoms with Gasteiger partial charge in [-0.3, -0.25) is 4.98 Å². The zero-order valence-corrected chi connectivity index (χ0v) is 9.95. The first-order valence-corrected chi connectivity index (χ1v) is 6.06. The molecule has 2 N–H and O–H groups in total. The van der Waals surface area contributed by atoms with Gasteiger partial charge in [0.05, 0.1) is 0 Å². The molecule has 1 aromatic heterocycles. The first kappa shape index (κ1) is 11.0. The lowest BCUT2D eigenvalue weighted by Gasteiger charge is -2.11. The molecule has 2 rings (SSSR count). The fourth-order valence-corrected chi connectivity index (χ4v) is 2.47. The Bertz CT molecular complexity index is 456. The van der Waals surface area contributed by atoms with Crippen molar-refractivity contribution in [3.8, 4) is 0 Å². The highest BCUT2D eigenvalue weighted by molar-refractivity contribution is 7.99. The Hall–Kier alpha value is -1.48. The van der Waals surface area contributed by atoms with E-state index in [2.05, 4.69) is 18.0 Å². The van der Waals surface area contributed by atoms with Crippen LogP contribution in [0.4, 0.5) is 5.69 Å². The summed E-state index contributed by atoms with van der Waals surface area (Å²) in [6, 6.07) is 12.1. The Labute approximate surface area is 99.9 Å². The van der Waals surface area contributed by atoms with Crippen LogP contribution in [0.1, 0.15) is 17.7 Å². The van der Waals surface area contributed by atoms with Crippen LogP contribution in [-0.2, 0) is 0 Å². The summed E-state index contributed by atoms with van der Waals surface area (Å²) in [5.41, 5.74) is 7.84. The second-order valence-corrected chi connectivity index (χ2v) is 5.03. The van der Waals surface area contributed by atoms with Crippen LogP contribution in [0.15, 0.2) is 53.7 Å². The zero-order valence-electron chi connectivity index (χ0n) is 9.13. The van der Waals surface area contributed by atoms with Crippen molar-refractivity contribution in [3.05, 3.63) is 54.4 Å². The maximum atomic E-state index is 5.77. The molecule has 1 aromatic carbocycles. The second-order valence-electron chi connectivity index (χ2n) is 3.61. The molecule has 0 aliphatic carbocycles. The van der Waals surface area contributed by atoms with E-state index >= 15 is 0 Å². The zero-order chi connectivity index (χ0) is 11.4. The van der Waals surface area contributed by atoms with Crippen molar-refractivity contribution in [2.24, 2.45) is 0 Å². The highest BCUT2D eigenvalue weighted by Crippen LogP contribution is 2.34. The van der Waals surface area contributed by atoms with Crippen molar-refractivity contribution in [2.45, 2.75) is 17.1 Å². The van der Waals surface area contributed by atoms with Gasteiger partial charge in [0.25, 0.3) is 0 Å². The molecule has 0 amide bonds. The van der Waals surface area contributed by atoms with Gasteiger partial charge in [0.2, 0.25) is 0 Å². The quantitative estimate of drug-likeness (QED) is 0.647.